The minimum absolute atomic E-state index is 0. The number of nitrogens with zero attached hydrogens (tertiary/aromatic N) is 3. The molecule has 2 aromatic carbocycles. The van der Waals surface area contributed by atoms with Crippen molar-refractivity contribution in [1.82, 2.24) is 15.1 Å². The first-order chi connectivity index (χ1) is 40.2. The van der Waals surface area contributed by atoms with E-state index >= 15 is 4.79 Å². The third-order valence-electron chi connectivity index (χ3n) is 15.4. The fraction of sp³-hybridized carbons (Fsp3) is 0.413. The summed E-state index contributed by atoms with van der Waals surface area (Å²) in [5, 5.41) is 9.67. The smallest absolute Gasteiger partial charge is 0.263 e. The van der Waals surface area contributed by atoms with Gasteiger partial charge in [-0.25, -0.2) is 0 Å². The molecule has 7 heteroatoms. The van der Waals surface area contributed by atoms with E-state index in [2.05, 4.69) is 171 Å². The molecule has 0 bridgehead atoms. The van der Waals surface area contributed by atoms with Gasteiger partial charge in [-0.3, -0.25) is 14.5 Å². The second-order valence-corrected chi connectivity index (χ2v) is 23.9. The molecule has 2 atom stereocenters. The Kier molecular flexibility index (Phi) is 24.9. The first-order valence-electron chi connectivity index (χ1n) is 29.9. The van der Waals surface area contributed by atoms with Gasteiger partial charge in [-0.05, 0) is 192 Å². The molecule has 0 saturated carbocycles. The molecule has 2 amide bonds. The number of carbonyl (C=O) groups is 2. The zero-order chi connectivity index (χ0) is 57.8. The maximum Gasteiger partial charge on any atom is 0.263 e. The summed E-state index contributed by atoms with van der Waals surface area (Å²) in [4.78, 5) is 35.4. The van der Waals surface area contributed by atoms with Crippen LogP contribution in [-0.2, 0) is 5.41 Å². The summed E-state index contributed by atoms with van der Waals surface area (Å²) in [6.45, 7) is 11.4. The van der Waals surface area contributed by atoms with Gasteiger partial charge in [0.15, 0.2) is 0 Å². The van der Waals surface area contributed by atoms with Crippen LogP contribution in [0.5, 0.6) is 0 Å². The Morgan fingerprint density at radius 1 is 0.500 bits per heavy atom. The van der Waals surface area contributed by atoms with Crippen molar-refractivity contribution in [3.8, 4) is 150 Å². The molecule has 2 aliphatic rings. The molecule has 4 heterocycles. The number of fused-ring (bicyclic) bond motifs is 4. The highest BCUT2D eigenvalue weighted by molar-refractivity contribution is 7.18. The lowest BCUT2D eigenvalue weighted by molar-refractivity contribution is 0.0622. The van der Waals surface area contributed by atoms with Gasteiger partial charge in [0.2, 0.25) is 0 Å². The normalized spacial score (nSPS) is 13.3. The predicted molar refractivity (Wildman–Crippen MR) is 360 cm³/mol. The quantitative estimate of drug-likeness (QED) is 0.0284. The molecule has 2 unspecified atom stereocenters. The minimum atomic E-state index is -0.617. The van der Waals surface area contributed by atoms with Crippen LogP contribution in [0.1, 0.15) is 222 Å². The Hall–Kier alpha value is -7.90. The highest BCUT2D eigenvalue weighted by Gasteiger charge is 2.44. The van der Waals surface area contributed by atoms with Crippen LogP contribution >= 0.6 is 22.7 Å². The first kappa shape index (κ1) is 61.7. The van der Waals surface area contributed by atoms with E-state index in [0.717, 1.165) is 75.6 Å². The van der Waals surface area contributed by atoms with Gasteiger partial charge < -0.3 is 0 Å². The molecule has 0 spiro atoms. The summed E-state index contributed by atoms with van der Waals surface area (Å²) in [5.74, 6) is 46.1. The molecule has 1 aliphatic carbocycles. The van der Waals surface area contributed by atoms with Gasteiger partial charge >= 0.3 is 0 Å². The van der Waals surface area contributed by atoms with E-state index in [-0.39, 0.29) is 29.1 Å². The molecule has 0 radical (unpaired) electrons. The fourth-order valence-electron chi connectivity index (χ4n) is 11.2. The Labute approximate surface area is 511 Å². The Bertz CT molecular complexity index is 3690. The van der Waals surface area contributed by atoms with Crippen LogP contribution in [0.25, 0.3) is 42.7 Å². The lowest BCUT2D eigenvalue weighted by Gasteiger charge is -2.27. The average molecular weight is 1130 g/mol. The number of carbonyl (C=O) groups excluding carboxylic acids is 2. The van der Waals surface area contributed by atoms with Crippen molar-refractivity contribution in [3.05, 3.63) is 93.4 Å². The second kappa shape index (κ2) is 33.1. The zero-order valence-corrected chi connectivity index (χ0v) is 50.5. The third kappa shape index (κ3) is 16.8. The molecule has 7 rings (SSSR count). The summed E-state index contributed by atoms with van der Waals surface area (Å²) in [7, 11) is 0. The topological polar surface area (TPSA) is 63.2 Å². The van der Waals surface area contributed by atoms with Crippen molar-refractivity contribution in [1.29, 1.82) is 0 Å². The molecule has 1 aliphatic heterocycles. The molecule has 0 saturated heterocycles. The van der Waals surface area contributed by atoms with E-state index in [1.165, 1.54) is 125 Å². The summed E-state index contributed by atoms with van der Waals surface area (Å²) >= 11 is 3.15. The van der Waals surface area contributed by atoms with E-state index in [9.17, 15) is 4.79 Å². The third-order valence-corrected chi connectivity index (χ3v) is 17.5. The number of hydrogen-bond acceptors (Lipinski definition) is 6. The SMILES string of the molecule is C#CC#CC#CC#CC#CC#CC#CC#CC#CC1(CCCCCCCC)c2cc(C)ccc2-c2ccc(-c3ccc(-c4nnc(-c5ccc(C)s5)c5c4C(=O)N(CC(CCCCCCCC)CCCCCCCCCC)C5=O)s3)cc21.[HH].[HH].[HH].[HH].[HH].[HH].[HH].[HH]. The Balaban J connectivity index is 0. The molecule has 0 N–H and O–H groups in total. The lowest BCUT2D eigenvalue weighted by Crippen LogP contribution is -2.34. The summed E-state index contributed by atoms with van der Waals surface area (Å²) in [5.41, 5.74) is 8.01. The first-order valence-corrected chi connectivity index (χ1v) is 31.6. The second-order valence-electron chi connectivity index (χ2n) is 21.5. The van der Waals surface area contributed by atoms with Gasteiger partial charge in [-0.2, -0.15) is 0 Å². The Morgan fingerprint density at radius 3 is 1.45 bits per heavy atom. The molecule has 82 heavy (non-hydrogen) atoms. The number of amides is 2. The van der Waals surface area contributed by atoms with E-state index in [1.54, 1.807) is 27.6 Å². The number of rotatable bonds is 28. The van der Waals surface area contributed by atoms with Crippen LogP contribution in [0.4, 0.5) is 0 Å². The van der Waals surface area contributed by atoms with E-state index in [1.807, 2.05) is 25.1 Å². The maximum absolute atomic E-state index is 15.1. The molecular formula is C75H91N3O2S2. The number of imide groups is 1. The van der Waals surface area contributed by atoms with E-state index in [0.29, 0.717) is 29.1 Å². The van der Waals surface area contributed by atoms with Crippen molar-refractivity contribution in [2.75, 3.05) is 6.54 Å². The molecule has 430 valence electrons. The number of aromatic nitrogens is 2. The highest BCUT2D eigenvalue weighted by atomic mass is 32.1. The largest absolute Gasteiger partial charge is 0.274 e. The molecule has 0 fully saturated rings. The minimum Gasteiger partial charge on any atom is -0.274 e. The van der Waals surface area contributed by atoms with Gasteiger partial charge in [0.05, 0.1) is 26.3 Å². The van der Waals surface area contributed by atoms with Gasteiger partial charge in [-0.1, -0.05) is 191 Å². The molecule has 3 aromatic heterocycles. The fourth-order valence-corrected chi connectivity index (χ4v) is 13.0. The van der Waals surface area contributed by atoms with Crippen LogP contribution in [0.3, 0.4) is 0 Å². The molecule has 5 nitrogen and oxygen atoms in total. The van der Waals surface area contributed by atoms with Gasteiger partial charge in [0, 0.05) is 27.7 Å². The average Bonchev–Trinajstić information content (AvgIpc) is 1.57. The number of benzene rings is 2. The van der Waals surface area contributed by atoms with E-state index in [4.69, 9.17) is 16.6 Å². The lowest BCUT2D eigenvalue weighted by atomic mass is 9.74. The van der Waals surface area contributed by atoms with Gasteiger partial charge in [0.25, 0.3) is 11.8 Å². The molecule has 5 aromatic rings. The van der Waals surface area contributed by atoms with Crippen LogP contribution in [0.2, 0.25) is 0 Å². The monoisotopic (exact) mass is 1130 g/mol. The van der Waals surface area contributed by atoms with E-state index < -0.39 is 5.41 Å². The highest BCUT2D eigenvalue weighted by Crippen LogP contribution is 2.53. The molecular weight excluding hydrogens is 1040 g/mol. The maximum atomic E-state index is 15.1. The predicted octanol–water partition coefficient (Wildman–Crippen LogP) is 19.4. The van der Waals surface area contributed by atoms with Gasteiger partial charge in [0.1, 0.15) is 11.4 Å². The van der Waals surface area contributed by atoms with Crippen molar-refractivity contribution in [2.45, 2.75) is 188 Å². The van der Waals surface area contributed by atoms with Crippen LogP contribution in [0, 0.1) is 127 Å². The van der Waals surface area contributed by atoms with Crippen molar-refractivity contribution in [3.63, 3.8) is 0 Å². The van der Waals surface area contributed by atoms with Crippen LogP contribution in [0.15, 0.2) is 60.7 Å². The number of aryl methyl sites for hydroxylation is 2. The summed E-state index contributed by atoms with van der Waals surface area (Å²) < 4.78 is 0. The number of hydrogen-bond donors (Lipinski definition) is 0. The van der Waals surface area contributed by atoms with Crippen molar-refractivity contribution < 1.29 is 21.0 Å². The number of thiophene rings is 2. The van der Waals surface area contributed by atoms with Gasteiger partial charge in [-0.15, -0.1) is 39.3 Å². The number of terminal acetylenes is 1. The summed E-state index contributed by atoms with van der Waals surface area (Å²) in [6.07, 6.45) is 32.2. The standard InChI is InChI=1S/C75H75N3O2S2.8H2/c1-7-11-15-19-23-25-26-27-28-29-30-31-32-34-38-42-54-75(53-41-37-22-18-14-10-4)64-55-58(5)45-48-62(64)63-49-47-61(56-65(63)75)66-51-52-68(82-66)72-70-69(71(76-77-72)67-50-46-59(6)81-67)73(79)78(74(70)80)57-60(43-39-35-21-17-13-9-3)44-40-36-33-24-20-16-12-8-2;;;;;;;;/h1,45-52,55-56,60H,8-10,12-14,16-18,20-22,24,33,35-37,39-41,43-44,53,57H2,2-6H3;8*1H. The van der Waals surface area contributed by atoms with Crippen molar-refractivity contribution >= 4 is 34.5 Å². The zero-order valence-electron chi connectivity index (χ0n) is 48.9. The van der Waals surface area contributed by atoms with Crippen LogP contribution < -0.4 is 0 Å². The van der Waals surface area contributed by atoms with Crippen molar-refractivity contribution in [2.24, 2.45) is 5.92 Å². The summed E-state index contributed by atoms with van der Waals surface area (Å²) in [6, 6.07) is 21.6. The Morgan fingerprint density at radius 2 is 0.939 bits per heavy atom. The number of unbranched alkanes of at least 4 members (excludes halogenated alkanes) is 17. The van der Waals surface area contributed by atoms with Crippen LogP contribution in [-0.4, -0.2) is 33.5 Å².